The van der Waals surface area contributed by atoms with Crippen LogP contribution in [0.3, 0.4) is 0 Å². The number of benzene rings is 1. The van der Waals surface area contributed by atoms with Crippen LogP contribution in [0.1, 0.15) is 48.0 Å². The molecule has 112 valence electrons. The normalized spacial score (nSPS) is 22.0. The molecule has 3 rings (SSSR count). The molecule has 1 N–H and O–H groups in total. The fourth-order valence-electron chi connectivity index (χ4n) is 3.00. The third kappa shape index (κ3) is 2.73. The summed E-state index contributed by atoms with van der Waals surface area (Å²) in [6.45, 7) is 6.83. The van der Waals surface area contributed by atoms with Crippen molar-refractivity contribution >= 4 is 39.5 Å². The van der Waals surface area contributed by atoms with Crippen LogP contribution >= 0.6 is 27.9 Å². The van der Waals surface area contributed by atoms with Crippen LogP contribution in [0.4, 0.5) is 5.69 Å². The van der Waals surface area contributed by atoms with Crippen LogP contribution in [0.5, 0.6) is 0 Å². The number of carboxylic acids is 1. The van der Waals surface area contributed by atoms with Gasteiger partial charge in [0.1, 0.15) is 0 Å². The zero-order chi connectivity index (χ0) is 15.2. The molecule has 1 atom stereocenters. The monoisotopic (exact) mass is 367 g/mol. The van der Waals surface area contributed by atoms with Crippen molar-refractivity contribution in [2.45, 2.75) is 36.9 Å². The van der Waals surface area contributed by atoms with Gasteiger partial charge in [-0.3, -0.25) is 0 Å². The van der Waals surface area contributed by atoms with E-state index in [0.717, 1.165) is 28.7 Å². The second-order valence-electron chi connectivity index (χ2n) is 5.92. The number of fused-ring (bicyclic) bond motifs is 1. The van der Waals surface area contributed by atoms with Gasteiger partial charge in [0.2, 0.25) is 0 Å². The Hall–Kier alpha value is -0.940. The van der Waals surface area contributed by atoms with E-state index in [9.17, 15) is 9.90 Å². The van der Waals surface area contributed by atoms with Gasteiger partial charge in [0.15, 0.2) is 0 Å². The third-order valence-corrected chi connectivity index (χ3v) is 6.17. The maximum absolute atomic E-state index is 11.5. The molecule has 1 aromatic carbocycles. The molecular formula is C16H18BrNO2S. The number of hydrogen-bond donors (Lipinski definition) is 1. The van der Waals surface area contributed by atoms with Crippen LogP contribution in [0, 0.1) is 0 Å². The van der Waals surface area contributed by atoms with Crippen molar-refractivity contribution in [1.29, 1.82) is 0 Å². The van der Waals surface area contributed by atoms with Crippen molar-refractivity contribution in [3.05, 3.63) is 40.4 Å². The molecule has 1 aliphatic heterocycles. The minimum absolute atomic E-state index is 0.242. The Bertz CT molecular complexity index is 613. The number of carboxylic acid groups (broad SMARTS) is 1. The first-order valence-corrected chi connectivity index (χ1v) is 8.67. The molecule has 0 bridgehead atoms. The summed E-state index contributed by atoms with van der Waals surface area (Å²) in [6, 6.07) is 3.75. The molecule has 1 heterocycles. The van der Waals surface area contributed by atoms with E-state index in [1.807, 2.05) is 24.1 Å². The lowest BCUT2D eigenvalue weighted by molar-refractivity contribution is 0.0695. The Morgan fingerprint density at radius 3 is 2.90 bits per heavy atom. The number of nitrogens with zero attached hydrogens (tertiary/aromatic N) is 1. The van der Waals surface area contributed by atoms with Crippen LogP contribution < -0.4 is 4.31 Å². The molecule has 0 radical (unpaired) electrons. The number of carbonyl (C=O) groups is 1. The van der Waals surface area contributed by atoms with Crippen molar-refractivity contribution in [3.63, 3.8) is 0 Å². The van der Waals surface area contributed by atoms with Gasteiger partial charge in [-0.05, 0) is 48.9 Å². The van der Waals surface area contributed by atoms with E-state index in [4.69, 9.17) is 0 Å². The summed E-state index contributed by atoms with van der Waals surface area (Å²) in [5, 5.41) is 9.45. The maximum atomic E-state index is 11.5. The molecule has 1 saturated carbocycles. The summed E-state index contributed by atoms with van der Waals surface area (Å²) in [6.07, 6.45) is 5.43. The van der Waals surface area contributed by atoms with Gasteiger partial charge in [-0.1, -0.05) is 28.9 Å². The Morgan fingerprint density at radius 1 is 1.62 bits per heavy atom. The quantitative estimate of drug-likeness (QED) is 0.597. The maximum Gasteiger partial charge on any atom is 0.336 e. The fourth-order valence-corrected chi connectivity index (χ4v) is 4.94. The lowest BCUT2D eigenvalue weighted by atomic mass is 9.97. The SMILES string of the molecule is C=CCC1(SN2CC(C)c3c(C(=O)O)cc(Br)cc32)CC1. The van der Waals surface area contributed by atoms with Crippen LogP contribution in [0.25, 0.3) is 0 Å². The average Bonchev–Trinajstić information content (AvgIpc) is 3.09. The molecule has 0 saturated heterocycles. The van der Waals surface area contributed by atoms with E-state index in [2.05, 4.69) is 33.7 Å². The molecule has 3 nitrogen and oxygen atoms in total. The van der Waals surface area contributed by atoms with Gasteiger partial charge >= 0.3 is 5.97 Å². The van der Waals surface area contributed by atoms with Gasteiger partial charge < -0.3 is 9.41 Å². The van der Waals surface area contributed by atoms with Crippen LogP contribution in [-0.2, 0) is 0 Å². The highest BCUT2D eigenvalue weighted by Crippen LogP contribution is 2.56. The van der Waals surface area contributed by atoms with E-state index < -0.39 is 5.97 Å². The first-order chi connectivity index (χ1) is 9.96. The first kappa shape index (κ1) is 15.0. The predicted octanol–water partition coefficient (Wildman–Crippen LogP) is 4.83. The highest BCUT2D eigenvalue weighted by molar-refractivity contribution is 9.10. The second-order valence-corrected chi connectivity index (χ2v) is 8.33. The summed E-state index contributed by atoms with van der Waals surface area (Å²) in [5.41, 5.74) is 2.44. The van der Waals surface area contributed by atoms with Gasteiger partial charge in [0.05, 0.1) is 11.3 Å². The summed E-state index contributed by atoms with van der Waals surface area (Å²) in [4.78, 5) is 11.5. The van der Waals surface area contributed by atoms with Gasteiger partial charge in [0.25, 0.3) is 0 Å². The average molecular weight is 368 g/mol. The van der Waals surface area contributed by atoms with Crippen LogP contribution in [0.15, 0.2) is 29.3 Å². The van der Waals surface area contributed by atoms with Gasteiger partial charge in [-0.25, -0.2) is 4.79 Å². The largest absolute Gasteiger partial charge is 0.478 e. The molecule has 0 spiro atoms. The van der Waals surface area contributed by atoms with E-state index in [0.29, 0.717) is 5.56 Å². The van der Waals surface area contributed by atoms with Gasteiger partial charge in [-0.2, -0.15) is 0 Å². The van der Waals surface area contributed by atoms with E-state index in [1.165, 1.54) is 12.8 Å². The predicted molar refractivity (Wildman–Crippen MR) is 91.2 cm³/mol. The van der Waals surface area contributed by atoms with Gasteiger partial charge in [0, 0.05) is 21.7 Å². The van der Waals surface area contributed by atoms with E-state index >= 15 is 0 Å². The Labute approximate surface area is 137 Å². The smallest absolute Gasteiger partial charge is 0.336 e. The summed E-state index contributed by atoms with van der Waals surface area (Å²) in [7, 11) is 0. The number of allylic oxidation sites excluding steroid dienone is 1. The number of halogens is 1. The zero-order valence-electron chi connectivity index (χ0n) is 11.9. The van der Waals surface area contributed by atoms with Crippen molar-refractivity contribution in [2.75, 3.05) is 10.8 Å². The molecule has 1 aliphatic carbocycles. The Balaban J connectivity index is 1.96. The van der Waals surface area contributed by atoms with Crippen molar-refractivity contribution in [3.8, 4) is 0 Å². The minimum atomic E-state index is -0.849. The lowest BCUT2D eigenvalue weighted by Gasteiger charge is -2.24. The summed E-state index contributed by atoms with van der Waals surface area (Å²) < 4.78 is 3.40. The van der Waals surface area contributed by atoms with Crippen molar-refractivity contribution < 1.29 is 9.90 Å². The van der Waals surface area contributed by atoms with Gasteiger partial charge in [-0.15, -0.1) is 6.58 Å². The van der Waals surface area contributed by atoms with Crippen LogP contribution in [-0.4, -0.2) is 22.4 Å². The molecule has 5 heteroatoms. The highest BCUT2D eigenvalue weighted by Gasteiger charge is 2.46. The molecule has 21 heavy (non-hydrogen) atoms. The number of anilines is 1. The number of rotatable bonds is 5. The highest BCUT2D eigenvalue weighted by atomic mass is 79.9. The summed E-state index contributed by atoms with van der Waals surface area (Å²) in [5.74, 6) is -0.607. The Morgan fingerprint density at radius 2 is 2.33 bits per heavy atom. The molecule has 1 unspecified atom stereocenters. The van der Waals surface area contributed by atoms with Crippen molar-refractivity contribution in [1.82, 2.24) is 0 Å². The van der Waals surface area contributed by atoms with E-state index in [-0.39, 0.29) is 10.7 Å². The number of hydrogen-bond acceptors (Lipinski definition) is 3. The summed E-state index contributed by atoms with van der Waals surface area (Å²) >= 11 is 5.31. The first-order valence-electron chi connectivity index (χ1n) is 7.10. The fraction of sp³-hybridized carbons (Fsp3) is 0.438. The van der Waals surface area contributed by atoms with E-state index in [1.54, 1.807) is 6.07 Å². The van der Waals surface area contributed by atoms with Crippen LogP contribution in [0.2, 0.25) is 0 Å². The molecule has 1 fully saturated rings. The zero-order valence-corrected chi connectivity index (χ0v) is 14.3. The minimum Gasteiger partial charge on any atom is -0.478 e. The number of aromatic carboxylic acids is 1. The standard InChI is InChI=1S/C16H18BrNO2S/c1-3-4-16(5-6-16)21-18-9-10(2)14-12(15(19)20)7-11(17)8-13(14)18/h3,7-8,10H,1,4-6,9H2,2H3,(H,19,20). The molecule has 2 aliphatic rings. The third-order valence-electron chi connectivity index (χ3n) is 4.18. The molecule has 0 amide bonds. The molecule has 0 aromatic heterocycles. The molecular weight excluding hydrogens is 350 g/mol. The van der Waals surface area contributed by atoms with Crippen molar-refractivity contribution in [2.24, 2.45) is 0 Å². The topological polar surface area (TPSA) is 40.5 Å². The lowest BCUT2D eigenvalue weighted by Crippen LogP contribution is -2.18. The molecule has 1 aromatic rings. The second kappa shape index (κ2) is 5.36. The Kier molecular flexibility index (Phi) is 3.82.